The van der Waals surface area contributed by atoms with E-state index < -0.39 is 17.9 Å². The van der Waals surface area contributed by atoms with Crippen LogP contribution in [0, 0.1) is 0 Å². The van der Waals surface area contributed by atoms with Gasteiger partial charge in [0.15, 0.2) is 0 Å². The van der Waals surface area contributed by atoms with E-state index in [0.717, 1.165) is 25.7 Å². The van der Waals surface area contributed by atoms with Crippen molar-refractivity contribution >= 4 is 41.0 Å². The number of aliphatic carboxylic acids is 3. The summed E-state index contributed by atoms with van der Waals surface area (Å²) in [6.45, 7) is 4.26. The van der Waals surface area contributed by atoms with Gasteiger partial charge in [0.1, 0.15) is 0 Å². The van der Waals surface area contributed by atoms with Gasteiger partial charge in [-0.05, 0) is 25.7 Å². The van der Waals surface area contributed by atoms with E-state index in [0.29, 0.717) is 0 Å². The van der Waals surface area contributed by atoms with Gasteiger partial charge < -0.3 is 30.6 Å². The number of hydrogen-bond donors (Lipinski definition) is 2. The van der Waals surface area contributed by atoms with Crippen molar-refractivity contribution in [3.05, 3.63) is 0 Å². The van der Waals surface area contributed by atoms with Crippen LogP contribution < -0.4 is 15.9 Å². The van der Waals surface area contributed by atoms with Crippen molar-refractivity contribution in [3.63, 3.8) is 0 Å². The van der Waals surface area contributed by atoms with Gasteiger partial charge in [-0.1, -0.05) is 194 Å². The number of carboxylic acids is 3. The van der Waals surface area contributed by atoms with E-state index in [1.54, 1.807) is 0 Å². The minimum Gasteiger partial charge on any atom is -0.550 e. The van der Waals surface area contributed by atoms with Crippen LogP contribution in [0.5, 0.6) is 0 Å². The molecule has 0 atom stereocenters. The molecule has 46 heavy (non-hydrogen) atoms. The Morgan fingerprint density at radius 1 is 0.413 bits per heavy atom. The first-order chi connectivity index (χ1) is 21.8. The summed E-state index contributed by atoms with van der Waals surface area (Å²) in [6.07, 6.45) is 39.7. The number of nitrogens with two attached hydrogens (primary N) is 1. The second-order valence-corrected chi connectivity index (χ2v) is 12.7. The van der Waals surface area contributed by atoms with Crippen LogP contribution in [0.4, 0.5) is 0 Å². The first-order valence-electron chi connectivity index (χ1n) is 19.1. The standard InChI is InChI=1S/2C18H36O2.C2H5NO2.Mg/c2*1-2-3-4-5-6-7-8-9-10-11-12-13-14-15-16-17-18(19)20;3-1-2(4)5;/h2*2-17H2,1H3,(H,19,20);1,3H2,(H,4,5);/q;;;+2/p-2. The number of carbonyl (C=O) groups excluding carboxylic acids is 2. The van der Waals surface area contributed by atoms with Gasteiger partial charge in [0.25, 0.3) is 0 Å². The molecular formula is C38H75MgNO6. The fourth-order valence-electron chi connectivity index (χ4n) is 5.28. The zero-order chi connectivity index (χ0) is 34.1. The van der Waals surface area contributed by atoms with Gasteiger partial charge in [-0.3, -0.25) is 4.79 Å². The largest absolute Gasteiger partial charge is 2.00 e. The van der Waals surface area contributed by atoms with Crippen molar-refractivity contribution in [2.45, 2.75) is 219 Å². The van der Waals surface area contributed by atoms with E-state index in [4.69, 9.17) is 5.11 Å². The fraction of sp³-hybridized carbons (Fsp3) is 0.921. The number of carboxylic acid groups (broad SMARTS) is 3. The number of rotatable bonds is 33. The molecule has 3 N–H and O–H groups in total. The van der Waals surface area contributed by atoms with Crippen LogP contribution in [-0.4, -0.2) is 52.6 Å². The molecular weight excluding hydrogens is 591 g/mol. The molecule has 0 aliphatic carbocycles. The minimum atomic E-state index is -0.968. The Balaban J connectivity index is -0.000000327. The maximum atomic E-state index is 10.2. The van der Waals surface area contributed by atoms with E-state index in [-0.39, 0.29) is 42.4 Å². The van der Waals surface area contributed by atoms with Crippen LogP contribution in [0.3, 0.4) is 0 Å². The maximum Gasteiger partial charge on any atom is 2.00 e. The third-order valence-corrected chi connectivity index (χ3v) is 8.14. The molecule has 0 bridgehead atoms. The zero-order valence-corrected chi connectivity index (χ0v) is 32.0. The summed E-state index contributed by atoms with van der Waals surface area (Å²) in [7, 11) is 0. The van der Waals surface area contributed by atoms with Gasteiger partial charge in [-0.15, -0.1) is 0 Å². The van der Waals surface area contributed by atoms with Crippen LogP contribution in [0.25, 0.3) is 0 Å². The van der Waals surface area contributed by atoms with E-state index >= 15 is 0 Å². The molecule has 0 fully saturated rings. The topological polar surface area (TPSA) is 144 Å². The second-order valence-electron chi connectivity index (χ2n) is 12.7. The molecule has 0 aromatic carbocycles. The molecule has 0 aromatic rings. The van der Waals surface area contributed by atoms with Gasteiger partial charge >= 0.3 is 29.0 Å². The zero-order valence-electron chi connectivity index (χ0n) is 30.6. The summed E-state index contributed by atoms with van der Waals surface area (Å²) in [5.41, 5.74) is 4.57. The molecule has 0 rings (SSSR count). The van der Waals surface area contributed by atoms with Crippen molar-refractivity contribution in [1.82, 2.24) is 0 Å². The Morgan fingerprint density at radius 3 is 0.696 bits per heavy atom. The average molecular weight is 666 g/mol. The maximum absolute atomic E-state index is 10.2. The van der Waals surface area contributed by atoms with Gasteiger partial charge in [-0.25, -0.2) is 0 Å². The van der Waals surface area contributed by atoms with E-state index in [9.17, 15) is 24.6 Å². The Labute approximate surface area is 301 Å². The molecule has 0 unspecified atom stereocenters. The fourth-order valence-corrected chi connectivity index (χ4v) is 5.28. The van der Waals surface area contributed by atoms with Gasteiger partial charge in [-0.2, -0.15) is 0 Å². The Hall–Kier alpha value is -0.864. The number of hydrogen-bond acceptors (Lipinski definition) is 6. The summed E-state index contributed by atoms with van der Waals surface area (Å²) in [6, 6.07) is 0. The van der Waals surface area contributed by atoms with Crippen molar-refractivity contribution in [1.29, 1.82) is 0 Å². The third-order valence-electron chi connectivity index (χ3n) is 8.14. The molecule has 0 aliphatic heterocycles. The first-order valence-corrected chi connectivity index (χ1v) is 19.1. The van der Waals surface area contributed by atoms with Gasteiger partial charge in [0.2, 0.25) is 0 Å². The smallest absolute Gasteiger partial charge is 0.550 e. The minimum absolute atomic E-state index is 0. The molecule has 7 nitrogen and oxygen atoms in total. The second kappa shape index (κ2) is 48.5. The Kier molecular flexibility index (Phi) is 54.8. The molecule has 0 radical (unpaired) electrons. The van der Waals surface area contributed by atoms with Crippen LogP contribution in [0.1, 0.15) is 219 Å². The Bertz CT molecular complexity index is 562. The van der Waals surface area contributed by atoms with E-state index in [2.05, 4.69) is 19.6 Å². The SMILES string of the molecule is CCCCCCCCCCCCCCCCCC(=O)[O-].CCCCCCCCCCCCCCCCCC(=O)[O-].NCC(=O)O.[Mg+2]. The molecule has 0 aromatic heterocycles. The molecule has 270 valence electrons. The third kappa shape index (κ3) is 62.0. The monoisotopic (exact) mass is 666 g/mol. The summed E-state index contributed by atoms with van der Waals surface area (Å²) in [5.74, 6) is -2.77. The van der Waals surface area contributed by atoms with Crippen LogP contribution >= 0.6 is 0 Å². The predicted molar refractivity (Wildman–Crippen MR) is 192 cm³/mol. The quantitative estimate of drug-likeness (QED) is 0.0527. The summed E-state index contributed by atoms with van der Waals surface area (Å²) >= 11 is 0. The van der Waals surface area contributed by atoms with Crippen molar-refractivity contribution in [3.8, 4) is 0 Å². The molecule has 8 heteroatoms. The average Bonchev–Trinajstić information content (AvgIpc) is 3.01. The van der Waals surface area contributed by atoms with E-state index in [1.807, 2.05) is 0 Å². The Morgan fingerprint density at radius 2 is 0.565 bits per heavy atom. The van der Waals surface area contributed by atoms with Crippen molar-refractivity contribution in [2.24, 2.45) is 5.73 Å². The molecule has 0 spiro atoms. The van der Waals surface area contributed by atoms with Crippen LogP contribution in [-0.2, 0) is 14.4 Å². The van der Waals surface area contributed by atoms with E-state index in [1.165, 1.54) is 167 Å². The molecule has 0 saturated carbocycles. The van der Waals surface area contributed by atoms with Crippen LogP contribution in [0.15, 0.2) is 0 Å². The molecule has 0 amide bonds. The van der Waals surface area contributed by atoms with Crippen molar-refractivity contribution in [2.75, 3.05) is 6.54 Å². The summed E-state index contributed by atoms with van der Waals surface area (Å²) in [5, 5.41) is 28.0. The molecule has 0 aliphatic rings. The number of carbonyl (C=O) groups is 3. The normalized spacial score (nSPS) is 10.2. The summed E-state index contributed by atoms with van der Waals surface area (Å²) < 4.78 is 0. The molecule has 0 saturated heterocycles. The van der Waals surface area contributed by atoms with Gasteiger partial charge in [0.05, 0.1) is 6.54 Å². The number of unbranched alkanes of at least 4 members (excludes halogenated alkanes) is 28. The van der Waals surface area contributed by atoms with Gasteiger partial charge in [0, 0.05) is 11.9 Å². The first kappa shape index (κ1) is 52.0. The molecule has 0 heterocycles. The van der Waals surface area contributed by atoms with Crippen molar-refractivity contribution < 1.29 is 29.7 Å². The predicted octanol–water partition coefficient (Wildman–Crippen LogP) is 8.64. The summed E-state index contributed by atoms with van der Waals surface area (Å²) in [4.78, 5) is 29.7. The van der Waals surface area contributed by atoms with Crippen LogP contribution in [0.2, 0.25) is 0 Å².